The summed E-state index contributed by atoms with van der Waals surface area (Å²) in [5, 5.41) is 23.1. The first-order valence-corrected chi connectivity index (χ1v) is 7.98. The normalized spacial score (nSPS) is 10.1. The van der Waals surface area contributed by atoms with Crippen LogP contribution in [0.3, 0.4) is 0 Å². The van der Waals surface area contributed by atoms with Crippen LogP contribution in [-0.4, -0.2) is 20.8 Å². The molecule has 0 atom stereocenters. The van der Waals surface area contributed by atoms with Crippen LogP contribution < -0.4 is 4.84 Å². The summed E-state index contributed by atoms with van der Waals surface area (Å²) < 4.78 is 0. The van der Waals surface area contributed by atoms with Gasteiger partial charge in [-0.1, -0.05) is 36.4 Å². The number of nitro groups is 2. The maximum absolute atomic E-state index is 12.4. The molecule has 0 fully saturated rings. The van der Waals surface area contributed by atoms with Crippen LogP contribution >= 0.6 is 0 Å². The molecule has 0 saturated heterocycles. The molecule has 0 aliphatic carbocycles. The number of rotatable bonds is 9. The van der Waals surface area contributed by atoms with Gasteiger partial charge in [0, 0.05) is 12.5 Å². The van der Waals surface area contributed by atoms with Crippen LogP contribution in [0.2, 0.25) is 0 Å². The highest BCUT2D eigenvalue weighted by atomic mass is 16.7. The van der Waals surface area contributed by atoms with E-state index in [0.29, 0.717) is 6.42 Å². The van der Waals surface area contributed by atoms with E-state index in [4.69, 9.17) is 4.84 Å². The first-order chi connectivity index (χ1) is 12.9. The van der Waals surface area contributed by atoms with E-state index in [0.717, 1.165) is 28.8 Å². The lowest BCUT2D eigenvalue weighted by Crippen LogP contribution is -2.33. The molecule has 0 aromatic heterocycles. The zero-order valence-electron chi connectivity index (χ0n) is 14.3. The van der Waals surface area contributed by atoms with Gasteiger partial charge in [0.25, 0.3) is 11.6 Å². The van der Waals surface area contributed by atoms with E-state index in [9.17, 15) is 25.0 Å². The summed E-state index contributed by atoms with van der Waals surface area (Å²) >= 11 is 0. The number of carbonyl (C=O) groups is 1. The number of carbonyl (C=O) groups excluding carboxylic acids is 1. The largest absolute Gasteiger partial charge is 0.369 e. The van der Waals surface area contributed by atoms with Crippen LogP contribution in [0.4, 0.5) is 11.4 Å². The fourth-order valence-electron chi connectivity index (χ4n) is 2.23. The maximum Gasteiger partial charge on any atom is 0.321 e. The van der Waals surface area contributed by atoms with Crippen molar-refractivity contribution in [1.82, 2.24) is 5.06 Å². The molecule has 2 aromatic rings. The molecular formula is C18H17N3O6. The smallest absolute Gasteiger partial charge is 0.321 e. The van der Waals surface area contributed by atoms with Gasteiger partial charge in [-0.2, -0.15) is 5.06 Å². The van der Waals surface area contributed by atoms with Gasteiger partial charge in [0.05, 0.1) is 22.5 Å². The molecule has 9 nitrogen and oxygen atoms in total. The Kier molecular flexibility index (Phi) is 6.59. The highest BCUT2D eigenvalue weighted by molar-refractivity contribution is 5.75. The zero-order valence-corrected chi connectivity index (χ0v) is 14.3. The summed E-state index contributed by atoms with van der Waals surface area (Å²) in [7, 11) is 0. The molecule has 0 aliphatic rings. The third-order valence-corrected chi connectivity index (χ3v) is 3.57. The Bertz CT molecular complexity index is 853. The van der Waals surface area contributed by atoms with Crippen molar-refractivity contribution >= 4 is 17.3 Å². The summed E-state index contributed by atoms with van der Waals surface area (Å²) in [5.74, 6) is -0.653. The van der Waals surface area contributed by atoms with E-state index in [1.165, 1.54) is 0 Å². The number of nitro benzene ring substituents is 2. The van der Waals surface area contributed by atoms with Gasteiger partial charge in [0.1, 0.15) is 0 Å². The average Bonchev–Trinajstić information content (AvgIpc) is 2.66. The van der Waals surface area contributed by atoms with Gasteiger partial charge in [-0.25, -0.2) is 0 Å². The van der Waals surface area contributed by atoms with Crippen molar-refractivity contribution in [3.05, 3.63) is 87.0 Å². The molecule has 0 spiro atoms. The molecule has 0 radical (unpaired) electrons. The highest BCUT2D eigenvalue weighted by Gasteiger charge is 2.25. The predicted molar refractivity (Wildman–Crippen MR) is 96.8 cm³/mol. The second kappa shape index (κ2) is 9.09. The van der Waals surface area contributed by atoms with E-state index in [2.05, 4.69) is 6.58 Å². The molecule has 0 saturated carbocycles. The fraction of sp³-hybridized carbons (Fsp3) is 0.167. The third-order valence-electron chi connectivity index (χ3n) is 3.57. The summed E-state index contributed by atoms with van der Waals surface area (Å²) in [4.78, 5) is 38.5. The summed E-state index contributed by atoms with van der Waals surface area (Å²) in [5.41, 5.74) is -0.283. The van der Waals surface area contributed by atoms with E-state index >= 15 is 0 Å². The van der Waals surface area contributed by atoms with Crippen molar-refractivity contribution in [2.45, 2.75) is 19.4 Å². The molecule has 0 heterocycles. The van der Waals surface area contributed by atoms with E-state index in [1.807, 2.05) is 6.07 Å². The quantitative estimate of drug-likeness (QED) is 0.376. The number of benzene rings is 2. The van der Waals surface area contributed by atoms with Crippen molar-refractivity contribution in [1.29, 1.82) is 0 Å². The van der Waals surface area contributed by atoms with Crippen molar-refractivity contribution in [3.8, 4) is 5.75 Å². The topological polar surface area (TPSA) is 116 Å². The van der Waals surface area contributed by atoms with Gasteiger partial charge in [-0.15, -0.1) is 6.58 Å². The number of non-ortho nitro benzene ring substituents is 1. The predicted octanol–water partition coefficient (Wildman–Crippen LogP) is 3.79. The van der Waals surface area contributed by atoms with Gasteiger partial charge >= 0.3 is 5.69 Å². The Labute approximate surface area is 154 Å². The first-order valence-electron chi connectivity index (χ1n) is 7.98. The number of amides is 1. The summed E-state index contributed by atoms with van der Waals surface area (Å²) in [6.45, 7) is 3.62. The van der Waals surface area contributed by atoms with Gasteiger partial charge in [0.2, 0.25) is 5.75 Å². The highest BCUT2D eigenvalue weighted by Crippen LogP contribution is 2.32. The van der Waals surface area contributed by atoms with Crippen molar-refractivity contribution < 1.29 is 19.5 Å². The number of allylic oxidation sites excluding steroid dienone is 1. The number of hydrogen-bond acceptors (Lipinski definition) is 6. The molecule has 0 unspecified atom stereocenters. The van der Waals surface area contributed by atoms with E-state index < -0.39 is 27.1 Å². The minimum absolute atomic E-state index is 0.0605. The van der Waals surface area contributed by atoms with Crippen LogP contribution in [0.25, 0.3) is 0 Å². The second-order valence-electron chi connectivity index (χ2n) is 5.50. The Morgan fingerprint density at radius 2 is 1.81 bits per heavy atom. The Morgan fingerprint density at radius 1 is 1.11 bits per heavy atom. The molecule has 9 heteroatoms. The molecular weight excluding hydrogens is 354 g/mol. The molecule has 2 aromatic carbocycles. The first kappa shape index (κ1) is 19.6. The van der Waals surface area contributed by atoms with Crippen molar-refractivity contribution in [2.75, 3.05) is 0 Å². The van der Waals surface area contributed by atoms with Crippen LogP contribution in [-0.2, 0) is 11.3 Å². The Morgan fingerprint density at radius 3 is 2.41 bits per heavy atom. The molecule has 140 valence electrons. The molecule has 2 rings (SSSR count). The summed E-state index contributed by atoms with van der Waals surface area (Å²) in [6, 6.07) is 11.9. The molecule has 0 N–H and O–H groups in total. The van der Waals surface area contributed by atoms with Crippen LogP contribution in [0.1, 0.15) is 18.4 Å². The van der Waals surface area contributed by atoms with Gasteiger partial charge < -0.3 is 4.84 Å². The van der Waals surface area contributed by atoms with Crippen LogP contribution in [0, 0.1) is 20.2 Å². The summed E-state index contributed by atoms with van der Waals surface area (Å²) in [6.07, 6.45) is 2.10. The van der Waals surface area contributed by atoms with Crippen molar-refractivity contribution in [3.63, 3.8) is 0 Å². The Hall–Kier alpha value is -3.75. The van der Waals surface area contributed by atoms with Gasteiger partial charge in [-0.05, 0) is 18.1 Å². The fourth-order valence-corrected chi connectivity index (χ4v) is 2.23. The van der Waals surface area contributed by atoms with E-state index in [-0.39, 0.29) is 18.7 Å². The molecule has 0 aliphatic heterocycles. The molecule has 1 amide bonds. The minimum atomic E-state index is -0.794. The number of nitrogens with zero attached hydrogens (tertiary/aromatic N) is 3. The van der Waals surface area contributed by atoms with Crippen LogP contribution in [0.5, 0.6) is 5.75 Å². The lowest BCUT2D eigenvalue weighted by molar-refractivity contribution is -0.395. The van der Waals surface area contributed by atoms with Crippen molar-refractivity contribution in [2.24, 2.45) is 0 Å². The number of hydrogen-bond donors (Lipinski definition) is 0. The average molecular weight is 371 g/mol. The van der Waals surface area contributed by atoms with Crippen LogP contribution in [0.15, 0.2) is 61.2 Å². The second-order valence-corrected chi connectivity index (χ2v) is 5.50. The third kappa shape index (κ3) is 5.36. The minimum Gasteiger partial charge on any atom is -0.369 e. The van der Waals surface area contributed by atoms with E-state index in [1.54, 1.807) is 30.3 Å². The lowest BCUT2D eigenvalue weighted by atomic mass is 10.2. The standard InChI is InChI=1S/C18H17N3O6/c1-2-3-9-18(22)19(13-14-7-5-4-6-8-14)27-17-11-10-15(20(23)24)12-16(17)21(25)26/h2,4-8,10-12H,1,3,9,13H2. The maximum atomic E-state index is 12.4. The molecule has 0 bridgehead atoms. The lowest BCUT2D eigenvalue weighted by Gasteiger charge is -2.22. The SMILES string of the molecule is C=CCCC(=O)N(Cc1ccccc1)Oc1ccc([N+](=O)[O-])cc1[N+](=O)[O-]. The van der Waals surface area contributed by atoms with Gasteiger partial charge in [0.15, 0.2) is 0 Å². The monoisotopic (exact) mass is 371 g/mol. The molecule has 27 heavy (non-hydrogen) atoms. The zero-order chi connectivity index (χ0) is 19.8. The Balaban J connectivity index is 2.33. The van der Waals surface area contributed by atoms with Gasteiger partial charge in [-0.3, -0.25) is 25.0 Å². The number of hydroxylamine groups is 2.